The fourth-order valence-corrected chi connectivity index (χ4v) is 2.88. The molecule has 0 radical (unpaired) electrons. The van der Waals surface area contributed by atoms with Gasteiger partial charge in [-0.25, -0.2) is 0 Å². The van der Waals surface area contributed by atoms with Gasteiger partial charge in [-0.1, -0.05) is 48.5 Å². The van der Waals surface area contributed by atoms with Gasteiger partial charge in [0.05, 0.1) is 0 Å². The number of hydrogen-bond donors (Lipinski definition) is 0. The number of fused-ring (bicyclic) bond motifs is 2. The first-order valence-electron chi connectivity index (χ1n) is 5.82. The second kappa shape index (κ2) is 2.85. The van der Waals surface area contributed by atoms with Gasteiger partial charge >= 0.3 is 0 Å². The van der Waals surface area contributed by atoms with Crippen LogP contribution < -0.4 is 0 Å². The molecule has 2 aliphatic rings. The molecule has 76 valence electrons. The molecule has 0 amide bonds. The molecule has 0 heterocycles. The fraction of sp³-hybridized carbons (Fsp3) is 0.125. The highest BCUT2D eigenvalue weighted by Gasteiger charge is 2.32. The standard InChI is InChI=1S/C16H12/c1-3-7-13-11(5-1)9-15(13)16-10-12-6-2-4-8-14(12)16/h1-9,16H,10H2. The Balaban J connectivity index is 1.74. The number of rotatable bonds is 1. The summed E-state index contributed by atoms with van der Waals surface area (Å²) in [6, 6.07) is 17.5. The topological polar surface area (TPSA) is 0 Å². The number of allylic oxidation sites excluding steroid dienone is 1. The first-order chi connectivity index (χ1) is 7.93. The van der Waals surface area contributed by atoms with Crippen LogP contribution in [0.2, 0.25) is 0 Å². The van der Waals surface area contributed by atoms with Gasteiger partial charge in [-0.15, -0.1) is 0 Å². The Hall–Kier alpha value is -1.82. The lowest BCUT2D eigenvalue weighted by Gasteiger charge is -2.36. The molecular weight excluding hydrogens is 192 g/mol. The summed E-state index contributed by atoms with van der Waals surface area (Å²) >= 11 is 0. The lowest BCUT2D eigenvalue weighted by molar-refractivity contribution is 0.748. The monoisotopic (exact) mass is 204 g/mol. The normalized spacial score (nSPS) is 20.0. The average Bonchev–Trinajstić information content (AvgIpc) is 2.26. The van der Waals surface area contributed by atoms with Crippen molar-refractivity contribution in [3.8, 4) is 0 Å². The third-order valence-corrected chi connectivity index (χ3v) is 3.81. The van der Waals surface area contributed by atoms with E-state index < -0.39 is 0 Å². The van der Waals surface area contributed by atoms with Gasteiger partial charge in [0, 0.05) is 5.92 Å². The van der Waals surface area contributed by atoms with E-state index in [-0.39, 0.29) is 0 Å². The second-order valence-electron chi connectivity index (χ2n) is 4.64. The molecule has 0 spiro atoms. The molecule has 0 bridgehead atoms. The minimum Gasteiger partial charge on any atom is -0.0620 e. The van der Waals surface area contributed by atoms with Crippen LogP contribution in [-0.4, -0.2) is 0 Å². The van der Waals surface area contributed by atoms with Crippen LogP contribution in [0.25, 0.3) is 11.6 Å². The Bertz CT molecular complexity index is 605. The summed E-state index contributed by atoms with van der Waals surface area (Å²) in [4.78, 5) is 0. The van der Waals surface area contributed by atoms with Crippen molar-refractivity contribution in [1.29, 1.82) is 0 Å². The molecular formula is C16H12. The van der Waals surface area contributed by atoms with Crippen molar-refractivity contribution in [2.24, 2.45) is 0 Å². The maximum Gasteiger partial charge on any atom is 0.0139 e. The maximum absolute atomic E-state index is 2.34. The highest BCUT2D eigenvalue weighted by atomic mass is 14.4. The third kappa shape index (κ3) is 0.943. The predicted octanol–water partition coefficient (Wildman–Crippen LogP) is 3.88. The van der Waals surface area contributed by atoms with E-state index in [1.807, 2.05) is 0 Å². The smallest absolute Gasteiger partial charge is 0.0139 e. The summed E-state index contributed by atoms with van der Waals surface area (Å²) in [5.74, 6) is 0.658. The van der Waals surface area contributed by atoms with Gasteiger partial charge in [-0.3, -0.25) is 0 Å². The molecule has 0 heteroatoms. The third-order valence-electron chi connectivity index (χ3n) is 3.81. The largest absolute Gasteiger partial charge is 0.0620 e. The molecule has 0 nitrogen and oxygen atoms in total. The van der Waals surface area contributed by atoms with Gasteiger partial charge < -0.3 is 0 Å². The van der Waals surface area contributed by atoms with Crippen LogP contribution in [0.1, 0.15) is 28.2 Å². The van der Waals surface area contributed by atoms with Crippen LogP contribution in [0, 0.1) is 0 Å². The van der Waals surface area contributed by atoms with Crippen LogP contribution in [0.15, 0.2) is 48.5 Å². The summed E-state index contributed by atoms with van der Waals surface area (Å²) < 4.78 is 0. The average molecular weight is 204 g/mol. The molecule has 0 aliphatic heterocycles. The van der Waals surface area contributed by atoms with Crippen LogP contribution in [0.5, 0.6) is 0 Å². The van der Waals surface area contributed by atoms with E-state index in [9.17, 15) is 0 Å². The van der Waals surface area contributed by atoms with E-state index in [2.05, 4.69) is 54.6 Å². The van der Waals surface area contributed by atoms with Gasteiger partial charge in [-0.2, -0.15) is 0 Å². The molecule has 16 heavy (non-hydrogen) atoms. The van der Waals surface area contributed by atoms with E-state index in [4.69, 9.17) is 0 Å². The van der Waals surface area contributed by atoms with Crippen LogP contribution in [0.3, 0.4) is 0 Å². The number of benzene rings is 2. The van der Waals surface area contributed by atoms with Crippen LogP contribution in [-0.2, 0) is 6.42 Å². The maximum atomic E-state index is 2.34. The highest BCUT2D eigenvalue weighted by molar-refractivity contribution is 5.99. The van der Waals surface area contributed by atoms with Gasteiger partial charge in [0.2, 0.25) is 0 Å². The first kappa shape index (κ1) is 8.35. The molecule has 0 N–H and O–H groups in total. The van der Waals surface area contributed by atoms with E-state index in [0.717, 1.165) is 0 Å². The minimum atomic E-state index is 0.658. The summed E-state index contributed by atoms with van der Waals surface area (Å²) in [6.07, 6.45) is 3.56. The van der Waals surface area contributed by atoms with E-state index in [1.54, 1.807) is 0 Å². The van der Waals surface area contributed by atoms with Crippen molar-refractivity contribution in [2.75, 3.05) is 0 Å². The van der Waals surface area contributed by atoms with E-state index in [1.165, 1.54) is 34.2 Å². The predicted molar refractivity (Wildman–Crippen MR) is 67.2 cm³/mol. The molecule has 1 unspecified atom stereocenters. The zero-order chi connectivity index (χ0) is 10.5. The molecule has 1 atom stereocenters. The van der Waals surface area contributed by atoms with Crippen LogP contribution >= 0.6 is 0 Å². The van der Waals surface area contributed by atoms with Gasteiger partial charge in [0.1, 0.15) is 0 Å². The SMILES string of the molecule is C1=C(C2Cc3ccccc32)c2ccccc21. The molecule has 2 aromatic rings. The lowest BCUT2D eigenvalue weighted by Crippen LogP contribution is -2.20. The molecule has 4 rings (SSSR count). The Morgan fingerprint density at radius 2 is 1.69 bits per heavy atom. The molecule has 0 fully saturated rings. The first-order valence-corrected chi connectivity index (χ1v) is 5.82. The Morgan fingerprint density at radius 3 is 2.56 bits per heavy atom. The zero-order valence-electron chi connectivity index (χ0n) is 8.98. The van der Waals surface area contributed by atoms with Crippen molar-refractivity contribution >= 4 is 11.6 Å². The van der Waals surface area contributed by atoms with Crippen molar-refractivity contribution in [3.63, 3.8) is 0 Å². The van der Waals surface area contributed by atoms with Crippen molar-refractivity contribution in [3.05, 3.63) is 70.8 Å². The van der Waals surface area contributed by atoms with E-state index >= 15 is 0 Å². The summed E-state index contributed by atoms with van der Waals surface area (Å²) in [5.41, 5.74) is 7.46. The minimum absolute atomic E-state index is 0.658. The highest BCUT2D eigenvalue weighted by Crippen LogP contribution is 2.49. The Morgan fingerprint density at radius 1 is 0.875 bits per heavy atom. The molecule has 0 saturated carbocycles. The summed E-state index contributed by atoms with van der Waals surface area (Å²) in [6.45, 7) is 0. The Kier molecular flexibility index (Phi) is 1.49. The van der Waals surface area contributed by atoms with Crippen molar-refractivity contribution in [2.45, 2.75) is 12.3 Å². The lowest BCUT2D eigenvalue weighted by atomic mass is 9.68. The van der Waals surface area contributed by atoms with Gasteiger partial charge in [0.15, 0.2) is 0 Å². The molecule has 2 aromatic carbocycles. The number of hydrogen-bond acceptors (Lipinski definition) is 0. The Labute approximate surface area is 95.2 Å². The van der Waals surface area contributed by atoms with E-state index in [0.29, 0.717) is 5.92 Å². The zero-order valence-corrected chi connectivity index (χ0v) is 8.98. The van der Waals surface area contributed by atoms with Gasteiger partial charge in [-0.05, 0) is 40.3 Å². The quantitative estimate of drug-likeness (QED) is 0.661. The van der Waals surface area contributed by atoms with Crippen molar-refractivity contribution < 1.29 is 0 Å². The fourth-order valence-electron chi connectivity index (χ4n) is 2.88. The second-order valence-corrected chi connectivity index (χ2v) is 4.64. The molecule has 0 aromatic heterocycles. The summed E-state index contributed by atoms with van der Waals surface area (Å²) in [5, 5.41) is 0. The summed E-state index contributed by atoms with van der Waals surface area (Å²) in [7, 11) is 0. The molecule has 2 aliphatic carbocycles. The van der Waals surface area contributed by atoms with Crippen molar-refractivity contribution in [1.82, 2.24) is 0 Å². The molecule has 0 saturated heterocycles. The van der Waals surface area contributed by atoms with Crippen LogP contribution in [0.4, 0.5) is 0 Å². The van der Waals surface area contributed by atoms with Gasteiger partial charge in [0.25, 0.3) is 0 Å².